The average Bonchev–Trinajstić information content (AvgIpc) is 2.64. The van der Waals surface area contributed by atoms with Gasteiger partial charge in [-0.15, -0.1) is 0 Å². The largest absolute Gasteiger partial charge is 0.458 e. The Morgan fingerprint density at radius 1 is 0.833 bits per heavy atom. The van der Waals surface area contributed by atoms with E-state index in [0.29, 0.717) is 6.61 Å². The Morgan fingerprint density at radius 2 is 1.33 bits per heavy atom. The summed E-state index contributed by atoms with van der Waals surface area (Å²) in [5.74, 6) is 0. The molecule has 6 heteroatoms. The van der Waals surface area contributed by atoms with E-state index >= 15 is 0 Å². The van der Waals surface area contributed by atoms with Gasteiger partial charge < -0.3 is 18.6 Å². The molecular formula is C12H24B2O4. The molecule has 102 valence electrons. The van der Waals surface area contributed by atoms with Crippen LogP contribution in [0.25, 0.3) is 0 Å². The fourth-order valence-corrected chi connectivity index (χ4v) is 2.16. The summed E-state index contributed by atoms with van der Waals surface area (Å²) in [4.78, 5) is 0. The second-order valence-corrected chi connectivity index (χ2v) is 7.04. The van der Waals surface area contributed by atoms with Gasteiger partial charge in [0.25, 0.3) is 0 Å². The third kappa shape index (κ3) is 2.48. The molecule has 0 aliphatic carbocycles. The molecule has 2 aliphatic heterocycles. The Morgan fingerprint density at radius 3 is 1.72 bits per heavy atom. The lowest BCUT2D eigenvalue weighted by atomic mass is 9.53. The van der Waals surface area contributed by atoms with Crippen molar-refractivity contribution in [3.8, 4) is 0 Å². The van der Waals surface area contributed by atoms with Gasteiger partial charge in [-0.1, -0.05) is 6.92 Å². The summed E-state index contributed by atoms with van der Waals surface area (Å²) >= 11 is 0. The molecule has 1 atom stereocenters. The molecule has 2 heterocycles. The van der Waals surface area contributed by atoms with Crippen molar-refractivity contribution in [3.05, 3.63) is 0 Å². The summed E-state index contributed by atoms with van der Waals surface area (Å²) < 4.78 is 23.6. The zero-order valence-electron chi connectivity index (χ0n) is 12.6. The Balaban J connectivity index is 2.02. The van der Waals surface area contributed by atoms with Crippen molar-refractivity contribution in [2.45, 2.75) is 71.0 Å². The van der Waals surface area contributed by atoms with Crippen LogP contribution in [0, 0.1) is 0 Å². The summed E-state index contributed by atoms with van der Waals surface area (Å²) in [7, 11) is -0.538. The van der Waals surface area contributed by atoms with Crippen molar-refractivity contribution in [1.29, 1.82) is 0 Å². The lowest BCUT2D eigenvalue weighted by molar-refractivity contribution is 0.00578. The first-order chi connectivity index (χ1) is 8.04. The quantitative estimate of drug-likeness (QED) is 0.708. The van der Waals surface area contributed by atoms with E-state index in [9.17, 15) is 0 Å². The zero-order chi connectivity index (χ0) is 13.8. The van der Waals surface area contributed by atoms with Gasteiger partial charge in [0.2, 0.25) is 0 Å². The van der Waals surface area contributed by atoms with E-state index in [0.717, 1.165) is 0 Å². The zero-order valence-corrected chi connectivity index (χ0v) is 12.6. The maximum absolute atomic E-state index is 6.02. The van der Waals surface area contributed by atoms with E-state index in [1.54, 1.807) is 0 Å². The standard InChI is InChI=1S/C12H24B2O4/c1-9(13-15-8-10(2,3)16-13)14-17-11(4,5)12(6,7)18-14/h9H,8H2,1-7H3. The monoisotopic (exact) mass is 254 g/mol. The van der Waals surface area contributed by atoms with Crippen LogP contribution in [0.1, 0.15) is 48.5 Å². The highest BCUT2D eigenvalue weighted by molar-refractivity contribution is 6.68. The molecule has 0 aromatic carbocycles. The first-order valence-electron chi connectivity index (χ1n) is 6.69. The lowest BCUT2D eigenvalue weighted by Crippen LogP contribution is -2.41. The average molecular weight is 254 g/mol. The second-order valence-electron chi connectivity index (χ2n) is 7.04. The molecule has 0 radical (unpaired) electrons. The minimum Gasteiger partial charge on any atom is -0.408 e. The molecule has 18 heavy (non-hydrogen) atoms. The molecule has 0 aromatic heterocycles. The fraction of sp³-hybridized carbons (Fsp3) is 1.00. The second kappa shape index (κ2) is 4.23. The highest BCUT2D eigenvalue weighted by Gasteiger charge is 2.57. The van der Waals surface area contributed by atoms with Gasteiger partial charge in [0.1, 0.15) is 0 Å². The minimum absolute atomic E-state index is 0.0489. The first-order valence-corrected chi connectivity index (χ1v) is 6.69. The number of hydrogen-bond acceptors (Lipinski definition) is 4. The maximum Gasteiger partial charge on any atom is 0.458 e. The van der Waals surface area contributed by atoms with Crippen LogP contribution in [-0.4, -0.2) is 37.6 Å². The van der Waals surface area contributed by atoms with E-state index in [1.165, 1.54) is 0 Å². The summed E-state index contributed by atoms with van der Waals surface area (Å²) in [5.41, 5.74) is -0.782. The van der Waals surface area contributed by atoms with Gasteiger partial charge >= 0.3 is 14.2 Å². The summed E-state index contributed by atoms with van der Waals surface area (Å²) in [6.07, 6.45) is 0. The Kier molecular flexibility index (Phi) is 3.38. The van der Waals surface area contributed by atoms with Gasteiger partial charge in [-0.05, 0) is 41.5 Å². The lowest BCUT2D eigenvalue weighted by Gasteiger charge is -2.32. The van der Waals surface area contributed by atoms with E-state index in [2.05, 4.69) is 27.7 Å². The number of hydrogen-bond donors (Lipinski definition) is 0. The molecule has 0 amide bonds. The molecule has 2 rings (SSSR count). The molecule has 0 N–H and O–H groups in total. The molecule has 1 unspecified atom stereocenters. The highest BCUT2D eigenvalue weighted by atomic mass is 16.7. The molecule has 0 spiro atoms. The van der Waals surface area contributed by atoms with Crippen molar-refractivity contribution in [3.63, 3.8) is 0 Å². The van der Waals surface area contributed by atoms with Crippen LogP contribution in [0.3, 0.4) is 0 Å². The van der Waals surface area contributed by atoms with E-state index in [4.69, 9.17) is 18.6 Å². The van der Waals surface area contributed by atoms with Crippen LogP contribution in [0.15, 0.2) is 0 Å². The predicted octanol–water partition coefficient (Wildman–Crippen LogP) is 2.32. The fourth-order valence-electron chi connectivity index (χ4n) is 2.16. The molecular weight excluding hydrogens is 230 g/mol. The first kappa shape index (κ1) is 14.4. The van der Waals surface area contributed by atoms with Crippen molar-refractivity contribution in [1.82, 2.24) is 0 Å². The molecule has 2 aliphatic rings. The van der Waals surface area contributed by atoms with Crippen molar-refractivity contribution in [2.24, 2.45) is 0 Å². The van der Waals surface area contributed by atoms with E-state index in [-0.39, 0.29) is 36.8 Å². The normalized spacial score (nSPS) is 30.8. The number of rotatable bonds is 2. The van der Waals surface area contributed by atoms with Crippen molar-refractivity contribution in [2.75, 3.05) is 6.61 Å². The molecule has 0 bridgehead atoms. The summed E-state index contributed by atoms with van der Waals surface area (Å²) in [6, 6.07) is 0. The highest BCUT2D eigenvalue weighted by Crippen LogP contribution is 2.41. The van der Waals surface area contributed by atoms with Crippen LogP contribution in [-0.2, 0) is 18.6 Å². The van der Waals surface area contributed by atoms with E-state index in [1.807, 2.05) is 20.8 Å². The van der Waals surface area contributed by atoms with Gasteiger partial charge in [0, 0.05) is 5.72 Å². The molecule has 4 nitrogen and oxygen atoms in total. The summed E-state index contributed by atoms with van der Waals surface area (Å²) in [5, 5.41) is 0. The van der Waals surface area contributed by atoms with Gasteiger partial charge in [-0.3, -0.25) is 0 Å². The third-order valence-electron chi connectivity index (χ3n) is 4.16. The summed E-state index contributed by atoms with van der Waals surface area (Å²) in [6.45, 7) is 14.9. The van der Waals surface area contributed by atoms with E-state index < -0.39 is 0 Å². The van der Waals surface area contributed by atoms with Crippen LogP contribution >= 0.6 is 0 Å². The van der Waals surface area contributed by atoms with Crippen molar-refractivity contribution < 1.29 is 18.6 Å². The van der Waals surface area contributed by atoms with Gasteiger partial charge in [-0.25, -0.2) is 0 Å². The molecule has 2 fully saturated rings. The molecule has 0 saturated carbocycles. The topological polar surface area (TPSA) is 36.9 Å². The molecule has 2 saturated heterocycles. The third-order valence-corrected chi connectivity index (χ3v) is 4.16. The van der Waals surface area contributed by atoms with Crippen LogP contribution < -0.4 is 0 Å². The Bertz CT molecular complexity index is 314. The minimum atomic E-state index is -0.306. The van der Waals surface area contributed by atoms with Gasteiger partial charge in [0.05, 0.1) is 23.4 Å². The maximum atomic E-state index is 6.02. The SMILES string of the molecule is CC(B1OCC(C)(C)O1)B1OC(C)(C)C(C)(C)O1. The van der Waals surface area contributed by atoms with Crippen LogP contribution in [0.4, 0.5) is 0 Å². The Hall–Kier alpha value is -0.0301. The smallest absolute Gasteiger partial charge is 0.408 e. The van der Waals surface area contributed by atoms with Crippen LogP contribution in [0.2, 0.25) is 5.72 Å². The van der Waals surface area contributed by atoms with Crippen LogP contribution in [0.5, 0.6) is 0 Å². The van der Waals surface area contributed by atoms with Gasteiger partial charge in [-0.2, -0.15) is 0 Å². The van der Waals surface area contributed by atoms with Crippen molar-refractivity contribution >= 4 is 14.2 Å². The van der Waals surface area contributed by atoms with Gasteiger partial charge in [0.15, 0.2) is 0 Å². The Labute approximate surface area is 111 Å². The molecule has 0 aromatic rings. The predicted molar refractivity (Wildman–Crippen MR) is 72.4 cm³/mol.